The van der Waals surface area contributed by atoms with E-state index in [4.69, 9.17) is 4.74 Å². The highest BCUT2D eigenvalue weighted by Gasteiger charge is 2.29. The first kappa shape index (κ1) is 17.5. The first-order valence-electron chi connectivity index (χ1n) is 8.43. The van der Waals surface area contributed by atoms with Crippen molar-refractivity contribution < 1.29 is 14.3 Å². The van der Waals surface area contributed by atoms with Gasteiger partial charge in [-0.2, -0.15) is 11.3 Å². The van der Waals surface area contributed by atoms with E-state index in [9.17, 15) is 9.59 Å². The summed E-state index contributed by atoms with van der Waals surface area (Å²) in [6, 6.07) is 9.77. The summed E-state index contributed by atoms with van der Waals surface area (Å²) in [6.07, 6.45) is 2.27. The van der Waals surface area contributed by atoms with Gasteiger partial charge in [-0.25, -0.2) is 0 Å². The summed E-state index contributed by atoms with van der Waals surface area (Å²) in [6.45, 7) is 1.12. The molecule has 1 saturated heterocycles. The summed E-state index contributed by atoms with van der Waals surface area (Å²) in [4.78, 5) is 26.4. The van der Waals surface area contributed by atoms with Crippen molar-refractivity contribution in [3.63, 3.8) is 0 Å². The second-order valence-electron chi connectivity index (χ2n) is 6.04. The third kappa shape index (κ3) is 4.20. The second kappa shape index (κ2) is 8.16. The maximum absolute atomic E-state index is 12.6. The molecule has 0 aliphatic carbocycles. The Morgan fingerprint density at radius 2 is 2.24 bits per heavy atom. The van der Waals surface area contributed by atoms with Gasteiger partial charge in [0.05, 0.1) is 13.2 Å². The number of likely N-dealkylation sites (tertiary alicyclic amines) is 1. The molecular weight excluding hydrogens is 336 g/mol. The van der Waals surface area contributed by atoms with Crippen LogP contribution in [0.4, 0.5) is 0 Å². The summed E-state index contributed by atoms with van der Waals surface area (Å²) in [5, 5.41) is 6.48. The Morgan fingerprint density at radius 1 is 1.36 bits per heavy atom. The van der Waals surface area contributed by atoms with Crippen LogP contribution in [-0.4, -0.2) is 36.9 Å². The van der Waals surface area contributed by atoms with E-state index in [-0.39, 0.29) is 17.9 Å². The topological polar surface area (TPSA) is 58.6 Å². The molecule has 1 fully saturated rings. The summed E-state index contributed by atoms with van der Waals surface area (Å²) in [5.74, 6) is 0.760. The highest BCUT2D eigenvalue weighted by molar-refractivity contribution is 7.08. The van der Waals surface area contributed by atoms with Gasteiger partial charge in [0.2, 0.25) is 5.91 Å². The fourth-order valence-corrected chi connectivity index (χ4v) is 3.82. The summed E-state index contributed by atoms with van der Waals surface area (Å²) >= 11 is 1.48. The van der Waals surface area contributed by atoms with Crippen LogP contribution in [0, 0.1) is 0 Å². The van der Waals surface area contributed by atoms with Crippen molar-refractivity contribution in [1.82, 2.24) is 10.2 Å². The lowest BCUT2D eigenvalue weighted by Gasteiger charge is -2.25. The Morgan fingerprint density at radius 3 is 3.00 bits per heavy atom. The predicted octanol–water partition coefficient (Wildman–Crippen LogP) is 3.24. The number of nitrogens with zero attached hydrogens (tertiary/aromatic N) is 1. The highest BCUT2D eigenvalue weighted by atomic mass is 32.1. The normalized spacial score (nSPS) is 16.7. The lowest BCUT2D eigenvalue weighted by molar-refractivity contribution is -0.132. The molecule has 0 spiro atoms. The summed E-state index contributed by atoms with van der Waals surface area (Å²) < 4.78 is 5.29. The summed E-state index contributed by atoms with van der Waals surface area (Å²) in [7, 11) is 1.65. The van der Waals surface area contributed by atoms with Crippen molar-refractivity contribution >= 4 is 23.2 Å². The number of benzene rings is 1. The molecule has 6 heteroatoms. The minimum absolute atomic E-state index is 0.0796. The fraction of sp³-hybridized carbons (Fsp3) is 0.368. The number of thiophene rings is 1. The fourth-order valence-electron chi connectivity index (χ4n) is 3.18. The quantitative estimate of drug-likeness (QED) is 0.862. The van der Waals surface area contributed by atoms with E-state index in [1.54, 1.807) is 18.6 Å². The van der Waals surface area contributed by atoms with E-state index >= 15 is 0 Å². The number of carbonyl (C=O) groups is 2. The maximum atomic E-state index is 12.6. The van der Waals surface area contributed by atoms with E-state index in [0.29, 0.717) is 18.5 Å². The van der Waals surface area contributed by atoms with Gasteiger partial charge in [-0.3, -0.25) is 9.59 Å². The molecule has 3 rings (SSSR count). The van der Waals surface area contributed by atoms with Crippen molar-refractivity contribution in [2.75, 3.05) is 20.2 Å². The van der Waals surface area contributed by atoms with Gasteiger partial charge in [0.1, 0.15) is 5.75 Å². The number of ether oxygens (including phenoxy) is 1. The number of nitrogens with one attached hydrogen (secondary N) is 1. The average molecular weight is 358 g/mol. The number of hydrogen-bond donors (Lipinski definition) is 1. The molecule has 5 nitrogen and oxygen atoms in total. The van der Waals surface area contributed by atoms with E-state index < -0.39 is 0 Å². The molecule has 1 aliphatic heterocycles. The van der Waals surface area contributed by atoms with Crippen LogP contribution in [0.2, 0.25) is 0 Å². The molecule has 132 valence electrons. The average Bonchev–Trinajstić information content (AvgIpc) is 3.33. The molecule has 1 unspecified atom stereocenters. The van der Waals surface area contributed by atoms with Gasteiger partial charge in [-0.05, 0) is 42.0 Å². The molecule has 0 saturated carbocycles. The molecule has 2 amide bonds. The lowest BCUT2D eigenvalue weighted by atomic mass is 10.0. The second-order valence-corrected chi connectivity index (χ2v) is 6.82. The zero-order chi connectivity index (χ0) is 17.6. The number of methoxy groups -OCH3 is 1. The van der Waals surface area contributed by atoms with Crippen LogP contribution in [0.5, 0.6) is 5.75 Å². The monoisotopic (exact) mass is 358 g/mol. The SMILES string of the molecule is COc1cccc(C2CCCN2C(=O)CCNC(=O)c2ccsc2)c1. The number of rotatable bonds is 6. The molecule has 1 atom stereocenters. The Kier molecular flexibility index (Phi) is 5.71. The van der Waals surface area contributed by atoms with Crippen LogP contribution in [0.25, 0.3) is 0 Å². The maximum Gasteiger partial charge on any atom is 0.252 e. The van der Waals surface area contributed by atoms with Crippen molar-refractivity contribution in [3.05, 3.63) is 52.2 Å². The molecular formula is C19H22N2O3S. The third-order valence-corrected chi connectivity index (χ3v) is 5.14. The molecule has 1 aromatic heterocycles. The van der Waals surface area contributed by atoms with Gasteiger partial charge < -0.3 is 15.0 Å². The van der Waals surface area contributed by atoms with Crippen LogP contribution in [0.3, 0.4) is 0 Å². The van der Waals surface area contributed by atoms with E-state index in [2.05, 4.69) is 5.32 Å². The van der Waals surface area contributed by atoms with Gasteiger partial charge >= 0.3 is 0 Å². The molecule has 0 bridgehead atoms. The van der Waals surface area contributed by atoms with Gasteiger partial charge in [-0.1, -0.05) is 12.1 Å². The van der Waals surface area contributed by atoms with Crippen LogP contribution in [0.1, 0.15) is 41.2 Å². The van der Waals surface area contributed by atoms with Crippen LogP contribution < -0.4 is 10.1 Å². The molecule has 1 aromatic carbocycles. The Labute approximate surface area is 151 Å². The smallest absolute Gasteiger partial charge is 0.252 e. The molecule has 2 aromatic rings. The molecule has 0 radical (unpaired) electrons. The summed E-state index contributed by atoms with van der Waals surface area (Å²) in [5.41, 5.74) is 1.75. The largest absolute Gasteiger partial charge is 0.497 e. The standard InChI is InChI=1S/C19H22N2O3S/c1-24-16-5-2-4-14(12-16)17-6-3-10-21(17)18(22)7-9-20-19(23)15-8-11-25-13-15/h2,4-5,8,11-13,17H,3,6-7,9-10H2,1H3,(H,20,23). The van der Waals surface area contributed by atoms with Crippen molar-refractivity contribution in [2.45, 2.75) is 25.3 Å². The first-order valence-corrected chi connectivity index (χ1v) is 9.37. The van der Waals surface area contributed by atoms with Crippen molar-refractivity contribution in [2.24, 2.45) is 0 Å². The Balaban J connectivity index is 1.56. The van der Waals surface area contributed by atoms with Crippen LogP contribution >= 0.6 is 11.3 Å². The minimum Gasteiger partial charge on any atom is -0.497 e. The zero-order valence-electron chi connectivity index (χ0n) is 14.2. The molecule has 2 heterocycles. The van der Waals surface area contributed by atoms with E-state index in [0.717, 1.165) is 30.7 Å². The lowest BCUT2D eigenvalue weighted by Crippen LogP contribution is -2.34. The molecule has 1 aliphatic rings. The molecule has 25 heavy (non-hydrogen) atoms. The van der Waals surface area contributed by atoms with Gasteiger partial charge in [-0.15, -0.1) is 0 Å². The third-order valence-electron chi connectivity index (χ3n) is 4.46. The first-order chi connectivity index (χ1) is 12.2. The van der Waals surface area contributed by atoms with Crippen molar-refractivity contribution in [1.29, 1.82) is 0 Å². The minimum atomic E-state index is -0.125. The van der Waals surface area contributed by atoms with Gasteiger partial charge in [0.15, 0.2) is 0 Å². The van der Waals surface area contributed by atoms with E-state index in [1.165, 1.54) is 11.3 Å². The zero-order valence-corrected chi connectivity index (χ0v) is 15.1. The highest BCUT2D eigenvalue weighted by Crippen LogP contribution is 2.33. The van der Waals surface area contributed by atoms with Crippen LogP contribution in [-0.2, 0) is 4.79 Å². The van der Waals surface area contributed by atoms with Gasteiger partial charge in [0.25, 0.3) is 5.91 Å². The number of amides is 2. The predicted molar refractivity (Wildman–Crippen MR) is 98.0 cm³/mol. The van der Waals surface area contributed by atoms with Crippen molar-refractivity contribution in [3.8, 4) is 5.75 Å². The van der Waals surface area contributed by atoms with Crippen LogP contribution in [0.15, 0.2) is 41.1 Å². The van der Waals surface area contributed by atoms with E-state index in [1.807, 2.05) is 34.5 Å². The van der Waals surface area contributed by atoms with Gasteiger partial charge in [0, 0.05) is 30.5 Å². The Bertz CT molecular complexity index is 730. The Hall–Kier alpha value is -2.34. The molecule has 1 N–H and O–H groups in total. The number of hydrogen-bond acceptors (Lipinski definition) is 4. The number of carbonyl (C=O) groups excluding carboxylic acids is 2.